The minimum Gasteiger partial charge on any atom is -0.357 e. The van der Waals surface area contributed by atoms with Gasteiger partial charge in [0.2, 0.25) is 10.0 Å². The zero-order chi connectivity index (χ0) is 17.4. The number of thiophene rings is 1. The van der Waals surface area contributed by atoms with Gasteiger partial charge in [0.05, 0.1) is 11.4 Å². The Kier molecular flexibility index (Phi) is 9.39. The summed E-state index contributed by atoms with van der Waals surface area (Å²) in [6, 6.07) is 10.7. The molecule has 0 saturated heterocycles. The Balaban J connectivity index is 0.00000312. The summed E-state index contributed by atoms with van der Waals surface area (Å²) in [5.74, 6) is 0.770. The highest BCUT2D eigenvalue weighted by Gasteiger charge is 2.06. The lowest BCUT2D eigenvalue weighted by Gasteiger charge is -2.11. The zero-order valence-corrected chi connectivity index (χ0v) is 17.9. The van der Waals surface area contributed by atoms with Crippen LogP contribution in [0.25, 0.3) is 0 Å². The summed E-state index contributed by atoms with van der Waals surface area (Å²) in [5.41, 5.74) is 1.03. The Morgan fingerprint density at radius 1 is 1.20 bits per heavy atom. The van der Waals surface area contributed by atoms with E-state index >= 15 is 0 Å². The van der Waals surface area contributed by atoms with Gasteiger partial charge >= 0.3 is 0 Å². The van der Waals surface area contributed by atoms with Crippen LogP contribution in [0.15, 0.2) is 51.7 Å². The van der Waals surface area contributed by atoms with Gasteiger partial charge in [-0.15, -0.1) is 35.3 Å². The van der Waals surface area contributed by atoms with Gasteiger partial charge in [-0.05, 0) is 42.5 Å². The van der Waals surface area contributed by atoms with Crippen LogP contribution in [-0.2, 0) is 23.0 Å². The number of hydrogen-bond acceptors (Lipinski definition) is 4. The Morgan fingerprint density at radius 2 is 1.92 bits per heavy atom. The standard InChI is InChI=1S/C16H22N4O2S2.HI/c1-2-18-16(20-12-14-4-3-11-23-14)19-10-9-13-5-7-15(8-6-13)24(17,21)22;/h3-8,11H,2,9-10,12H2,1H3,(H2,17,21,22)(H2,18,19,20);1H. The normalized spacial score (nSPS) is 11.7. The molecule has 0 radical (unpaired) electrons. The van der Waals surface area contributed by atoms with E-state index in [1.165, 1.54) is 17.0 Å². The van der Waals surface area contributed by atoms with E-state index < -0.39 is 10.0 Å². The lowest BCUT2D eigenvalue weighted by molar-refractivity contribution is 0.598. The molecule has 25 heavy (non-hydrogen) atoms. The summed E-state index contributed by atoms with van der Waals surface area (Å²) in [4.78, 5) is 5.89. The van der Waals surface area contributed by atoms with Crippen LogP contribution in [0.4, 0.5) is 0 Å². The van der Waals surface area contributed by atoms with Crippen LogP contribution in [0.3, 0.4) is 0 Å². The topological polar surface area (TPSA) is 96.6 Å². The molecule has 0 saturated carbocycles. The Hall–Kier alpha value is -1.17. The van der Waals surface area contributed by atoms with Crippen molar-refractivity contribution < 1.29 is 8.42 Å². The number of sulfonamides is 1. The first-order valence-electron chi connectivity index (χ1n) is 7.65. The van der Waals surface area contributed by atoms with E-state index in [4.69, 9.17) is 5.14 Å². The number of guanidine groups is 1. The molecule has 2 aromatic rings. The fourth-order valence-electron chi connectivity index (χ4n) is 2.07. The van der Waals surface area contributed by atoms with Crippen LogP contribution in [0, 0.1) is 0 Å². The summed E-state index contributed by atoms with van der Waals surface area (Å²) < 4.78 is 22.5. The highest BCUT2D eigenvalue weighted by atomic mass is 127. The first-order valence-corrected chi connectivity index (χ1v) is 10.1. The highest BCUT2D eigenvalue weighted by molar-refractivity contribution is 14.0. The largest absolute Gasteiger partial charge is 0.357 e. The predicted octanol–water partition coefficient (Wildman–Crippen LogP) is 2.31. The van der Waals surface area contributed by atoms with Crippen molar-refractivity contribution in [1.29, 1.82) is 0 Å². The molecular weight excluding hydrogens is 471 g/mol. The van der Waals surface area contributed by atoms with Gasteiger partial charge in [-0.25, -0.2) is 18.5 Å². The fourth-order valence-corrected chi connectivity index (χ4v) is 3.22. The van der Waals surface area contributed by atoms with Crippen molar-refractivity contribution in [3.05, 3.63) is 52.2 Å². The van der Waals surface area contributed by atoms with Crippen LogP contribution in [0.1, 0.15) is 17.4 Å². The summed E-state index contributed by atoms with van der Waals surface area (Å²) in [5, 5.41) is 13.6. The van der Waals surface area contributed by atoms with Crippen LogP contribution in [0.5, 0.6) is 0 Å². The smallest absolute Gasteiger partial charge is 0.238 e. The first kappa shape index (κ1) is 21.9. The molecule has 0 bridgehead atoms. The predicted molar refractivity (Wildman–Crippen MR) is 114 cm³/mol. The molecule has 1 aromatic heterocycles. The van der Waals surface area contributed by atoms with Gasteiger partial charge in [0.15, 0.2) is 5.96 Å². The van der Waals surface area contributed by atoms with E-state index in [-0.39, 0.29) is 28.9 Å². The number of hydrogen-bond donors (Lipinski definition) is 3. The number of aliphatic imine (C=N–C) groups is 1. The van der Waals surface area contributed by atoms with Gasteiger partial charge < -0.3 is 10.6 Å². The summed E-state index contributed by atoms with van der Waals surface area (Å²) in [7, 11) is -3.63. The van der Waals surface area contributed by atoms with Crippen molar-refractivity contribution in [2.24, 2.45) is 10.1 Å². The minimum atomic E-state index is -3.63. The lowest BCUT2D eigenvalue weighted by atomic mass is 10.1. The molecule has 0 aliphatic rings. The summed E-state index contributed by atoms with van der Waals surface area (Å²) in [6.07, 6.45) is 0.758. The number of primary sulfonamides is 1. The Bertz CT molecular complexity index is 760. The number of nitrogens with two attached hydrogens (primary N) is 1. The zero-order valence-electron chi connectivity index (χ0n) is 13.9. The van der Waals surface area contributed by atoms with Crippen LogP contribution in [-0.4, -0.2) is 27.5 Å². The second kappa shape index (κ2) is 10.7. The molecule has 2 rings (SSSR count). The SMILES string of the molecule is CCNC(=NCc1cccs1)NCCc1ccc(S(N)(=O)=O)cc1.I. The van der Waals surface area contributed by atoms with Crippen molar-refractivity contribution in [2.45, 2.75) is 24.8 Å². The minimum absolute atomic E-state index is 0. The summed E-state index contributed by atoms with van der Waals surface area (Å²) in [6.45, 7) is 4.16. The van der Waals surface area contributed by atoms with E-state index in [0.717, 1.165) is 24.5 Å². The van der Waals surface area contributed by atoms with Crippen molar-refractivity contribution >= 4 is 51.3 Å². The lowest BCUT2D eigenvalue weighted by Crippen LogP contribution is -2.38. The number of halogens is 1. The molecular formula is C16H23IN4O2S2. The molecule has 9 heteroatoms. The van der Waals surface area contributed by atoms with Gasteiger partial charge in [0.1, 0.15) is 0 Å². The molecule has 0 atom stereocenters. The van der Waals surface area contributed by atoms with Gasteiger partial charge in [0, 0.05) is 18.0 Å². The fraction of sp³-hybridized carbons (Fsp3) is 0.312. The van der Waals surface area contributed by atoms with Crippen LogP contribution >= 0.6 is 35.3 Å². The van der Waals surface area contributed by atoms with Crippen LogP contribution < -0.4 is 15.8 Å². The number of benzene rings is 1. The molecule has 138 valence electrons. The third-order valence-corrected chi connectivity index (χ3v) is 5.07. The van der Waals surface area contributed by atoms with Crippen molar-refractivity contribution in [3.8, 4) is 0 Å². The van der Waals surface area contributed by atoms with Crippen LogP contribution in [0.2, 0.25) is 0 Å². The monoisotopic (exact) mass is 494 g/mol. The molecule has 0 aliphatic heterocycles. The van der Waals surface area contributed by atoms with Crippen molar-refractivity contribution in [3.63, 3.8) is 0 Å². The average molecular weight is 494 g/mol. The van der Waals surface area contributed by atoms with Gasteiger partial charge in [-0.3, -0.25) is 0 Å². The molecule has 0 amide bonds. The second-order valence-electron chi connectivity index (χ2n) is 5.14. The number of nitrogens with zero attached hydrogens (tertiary/aromatic N) is 1. The molecule has 0 fully saturated rings. The van der Waals surface area contributed by atoms with Crippen molar-refractivity contribution in [2.75, 3.05) is 13.1 Å². The van der Waals surface area contributed by atoms with E-state index in [1.54, 1.807) is 23.5 Å². The first-order chi connectivity index (χ1) is 11.5. The van der Waals surface area contributed by atoms with E-state index in [9.17, 15) is 8.42 Å². The maximum Gasteiger partial charge on any atom is 0.238 e. The third-order valence-electron chi connectivity index (χ3n) is 3.28. The quantitative estimate of drug-likeness (QED) is 0.313. The van der Waals surface area contributed by atoms with E-state index in [2.05, 4.69) is 21.7 Å². The van der Waals surface area contributed by atoms with E-state index in [0.29, 0.717) is 13.1 Å². The molecule has 0 unspecified atom stereocenters. The number of rotatable bonds is 7. The third kappa shape index (κ3) is 7.72. The van der Waals surface area contributed by atoms with E-state index in [1.807, 2.05) is 18.4 Å². The van der Waals surface area contributed by atoms with Crippen molar-refractivity contribution in [1.82, 2.24) is 10.6 Å². The maximum absolute atomic E-state index is 11.2. The highest BCUT2D eigenvalue weighted by Crippen LogP contribution is 2.10. The molecule has 0 spiro atoms. The molecule has 6 nitrogen and oxygen atoms in total. The maximum atomic E-state index is 11.2. The molecule has 0 aliphatic carbocycles. The molecule has 1 heterocycles. The van der Waals surface area contributed by atoms with Gasteiger partial charge in [0.25, 0.3) is 0 Å². The number of nitrogens with one attached hydrogen (secondary N) is 2. The Morgan fingerprint density at radius 3 is 2.48 bits per heavy atom. The molecule has 1 aromatic carbocycles. The summed E-state index contributed by atoms with van der Waals surface area (Å²) >= 11 is 1.69. The van der Waals surface area contributed by atoms with Gasteiger partial charge in [-0.2, -0.15) is 0 Å². The second-order valence-corrected chi connectivity index (χ2v) is 7.73. The molecule has 4 N–H and O–H groups in total. The Labute approximate surface area is 170 Å². The van der Waals surface area contributed by atoms with Gasteiger partial charge in [-0.1, -0.05) is 18.2 Å². The average Bonchev–Trinajstić information content (AvgIpc) is 3.05.